The summed E-state index contributed by atoms with van der Waals surface area (Å²) < 4.78 is 5.04. The third-order valence-electron chi connectivity index (χ3n) is 3.52. The molecule has 1 N–H and O–H groups in total. The van der Waals surface area contributed by atoms with Crippen molar-refractivity contribution in [3.05, 3.63) is 22.3 Å². The highest BCUT2D eigenvalue weighted by atomic mass is 35.5. The van der Waals surface area contributed by atoms with Gasteiger partial charge in [-0.2, -0.15) is 0 Å². The van der Waals surface area contributed by atoms with Gasteiger partial charge < -0.3 is 15.0 Å². The summed E-state index contributed by atoms with van der Waals surface area (Å²) in [6.45, 7) is 4.64. The minimum absolute atomic E-state index is 0.577. The number of hydrogen-bond donors (Lipinski definition) is 1. The second-order valence-corrected chi connectivity index (χ2v) is 5.95. The van der Waals surface area contributed by atoms with Crippen LogP contribution in [-0.4, -0.2) is 44.9 Å². The molecule has 0 saturated carbocycles. The van der Waals surface area contributed by atoms with Crippen LogP contribution < -0.4 is 10.2 Å². The Labute approximate surface area is 130 Å². The number of ether oxygens (including phenoxy) is 1. The summed E-state index contributed by atoms with van der Waals surface area (Å²) in [6.07, 6.45) is 4.06. The van der Waals surface area contributed by atoms with Crippen LogP contribution in [0, 0.1) is 5.92 Å². The van der Waals surface area contributed by atoms with Gasteiger partial charge in [0, 0.05) is 32.9 Å². The standard InChI is InChI=1S/C14H21Cl2N3O/c1-20-6-4-17-8-11-3-2-5-19(10-11)14-13(16)7-12(15)9-18-14/h7,9,11,17H,2-6,8,10H2,1H3. The first-order valence-corrected chi connectivity index (χ1v) is 7.72. The van der Waals surface area contributed by atoms with Crippen LogP contribution in [0.1, 0.15) is 12.8 Å². The molecule has 1 fully saturated rings. The Balaban J connectivity index is 1.89. The number of nitrogens with zero attached hydrogens (tertiary/aromatic N) is 2. The zero-order valence-electron chi connectivity index (χ0n) is 11.7. The molecule has 1 aromatic heterocycles. The lowest BCUT2D eigenvalue weighted by molar-refractivity contribution is 0.197. The first kappa shape index (κ1) is 15.8. The van der Waals surface area contributed by atoms with Crippen LogP contribution in [-0.2, 0) is 4.74 Å². The molecule has 112 valence electrons. The van der Waals surface area contributed by atoms with Crippen LogP contribution in [0.25, 0.3) is 0 Å². The maximum absolute atomic E-state index is 6.24. The van der Waals surface area contributed by atoms with Gasteiger partial charge in [-0.25, -0.2) is 4.98 Å². The largest absolute Gasteiger partial charge is 0.383 e. The molecular formula is C14H21Cl2N3O. The Morgan fingerprint density at radius 3 is 3.10 bits per heavy atom. The average Bonchev–Trinajstić information content (AvgIpc) is 2.44. The van der Waals surface area contributed by atoms with E-state index in [1.54, 1.807) is 19.4 Å². The molecule has 1 aliphatic rings. The number of nitrogens with one attached hydrogen (secondary N) is 1. The summed E-state index contributed by atoms with van der Waals surface area (Å²) in [4.78, 5) is 6.62. The van der Waals surface area contributed by atoms with E-state index in [9.17, 15) is 0 Å². The van der Waals surface area contributed by atoms with E-state index in [0.29, 0.717) is 16.0 Å². The number of halogens is 2. The molecule has 1 unspecified atom stereocenters. The summed E-state index contributed by atoms with van der Waals surface area (Å²) in [5, 5.41) is 4.63. The van der Waals surface area contributed by atoms with Gasteiger partial charge in [-0.15, -0.1) is 0 Å². The highest BCUT2D eigenvalue weighted by Gasteiger charge is 2.22. The van der Waals surface area contributed by atoms with Crippen LogP contribution in [0.2, 0.25) is 10.0 Å². The van der Waals surface area contributed by atoms with Crippen molar-refractivity contribution in [1.82, 2.24) is 10.3 Å². The van der Waals surface area contributed by atoms with Crippen LogP contribution >= 0.6 is 23.2 Å². The van der Waals surface area contributed by atoms with Crippen LogP contribution in [0.3, 0.4) is 0 Å². The van der Waals surface area contributed by atoms with Crippen LogP contribution in [0.5, 0.6) is 0 Å². The quantitative estimate of drug-likeness (QED) is 0.819. The Bertz CT molecular complexity index is 431. The molecular weight excluding hydrogens is 297 g/mol. The van der Waals surface area contributed by atoms with Gasteiger partial charge in [-0.1, -0.05) is 23.2 Å². The van der Waals surface area contributed by atoms with E-state index in [0.717, 1.165) is 45.0 Å². The molecule has 2 heterocycles. The Hall–Kier alpha value is -0.550. The fourth-order valence-corrected chi connectivity index (χ4v) is 3.04. The molecule has 0 amide bonds. The lowest BCUT2D eigenvalue weighted by Crippen LogP contribution is -2.40. The molecule has 1 saturated heterocycles. The number of anilines is 1. The minimum Gasteiger partial charge on any atom is -0.383 e. The second-order valence-electron chi connectivity index (χ2n) is 5.11. The Morgan fingerprint density at radius 1 is 1.50 bits per heavy atom. The molecule has 2 rings (SSSR count). The molecule has 0 aromatic carbocycles. The summed E-state index contributed by atoms with van der Waals surface area (Å²) >= 11 is 12.1. The number of piperidine rings is 1. The van der Waals surface area contributed by atoms with Gasteiger partial charge in [-0.05, 0) is 31.4 Å². The molecule has 0 radical (unpaired) electrons. The molecule has 1 aromatic rings. The SMILES string of the molecule is COCCNCC1CCCN(c2ncc(Cl)cc2Cl)C1. The second kappa shape index (κ2) is 8.03. The third-order valence-corrected chi connectivity index (χ3v) is 4.01. The summed E-state index contributed by atoms with van der Waals surface area (Å²) in [5.41, 5.74) is 0. The normalized spacial score (nSPS) is 19.4. The predicted molar refractivity (Wildman–Crippen MR) is 83.9 cm³/mol. The molecule has 1 aliphatic heterocycles. The smallest absolute Gasteiger partial charge is 0.147 e. The molecule has 1 atom stereocenters. The summed E-state index contributed by atoms with van der Waals surface area (Å²) in [7, 11) is 1.72. The van der Waals surface area contributed by atoms with Crippen molar-refractivity contribution in [1.29, 1.82) is 0 Å². The molecule has 0 bridgehead atoms. The number of hydrogen-bond acceptors (Lipinski definition) is 4. The number of aromatic nitrogens is 1. The van der Waals surface area contributed by atoms with Gasteiger partial charge in [0.1, 0.15) is 5.82 Å². The van der Waals surface area contributed by atoms with Gasteiger partial charge in [0.25, 0.3) is 0 Å². The number of pyridine rings is 1. The lowest BCUT2D eigenvalue weighted by Gasteiger charge is -2.34. The zero-order chi connectivity index (χ0) is 14.4. The lowest BCUT2D eigenvalue weighted by atomic mass is 9.98. The molecule has 0 spiro atoms. The first-order valence-electron chi connectivity index (χ1n) is 6.96. The molecule has 6 heteroatoms. The van der Waals surface area contributed by atoms with Gasteiger partial charge in [0.15, 0.2) is 0 Å². The minimum atomic E-state index is 0.577. The maximum atomic E-state index is 6.24. The van der Waals surface area contributed by atoms with E-state index in [1.165, 1.54) is 6.42 Å². The monoisotopic (exact) mass is 317 g/mol. The van der Waals surface area contributed by atoms with Crippen molar-refractivity contribution in [2.75, 3.05) is 44.8 Å². The van der Waals surface area contributed by atoms with Crippen molar-refractivity contribution >= 4 is 29.0 Å². The summed E-state index contributed by atoms with van der Waals surface area (Å²) in [6, 6.07) is 1.76. The van der Waals surface area contributed by atoms with Gasteiger partial charge in [0.05, 0.1) is 16.7 Å². The van der Waals surface area contributed by atoms with Gasteiger partial charge >= 0.3 is 0 Å². The van der Waals surface area contributed by atoms with Crippen molar-refractivity contribution < 1.29 is 4.74 Å². The maximum Gasteiger partial charge on any atom is 0.147 e. The van der Waals surface area contributed by atoms with Crippen molar-refractivity contribution in [3.63, 3.8) is 0 Å². The first-order chi connectivity index (χ1) is 9.70. The van der Waals surface area contributed by atoms with Crippen molar-refractivity contribution in [3.8, 4) is 0 Å². The average molecular weight is 318 g/mol. The fourth-order valence-electron chi connectivity index (χ4n) is 2.54. The van der Waals surface area contributed by atoms with E-state index in [1.807, 2.05) is 0 Å². The van der Waals surface area contributed by atoms with Gasteiger partial charge in [0.2, 0.25) is 0 Å². The fraction of sp³-hybridized carbons (Fsp3) is 0.643. The van der Waals surface area contributed by atoms with Gasteiger partial charge in [-0.3, -0.25) is 0 Å². The highest BCUT2D eigenvalue weighted by Crippen LogP contribution is 2.29. The van der Waals surface area contributed by atoms with Crippen LogP contribution in [0.15, 0.2) is 12.3 Å². The van der Waals surface area contributed by atoms with E-state index in [-0.39, 0.29) is 0 Å². The zero-order valence-corrected chi connectivity index (χ0v) is 13.3. The van der Waals surface area contributed by atoms with E-state index < -0.39 is 0 Å². The van der Waals surface area contributed by atoms with Crippen LogP contribution in [0.4, 0.5) is 5.82 Å². The Morgan fingerprint density at radius 2 is 2.35 bits per heavy atom. The predicted octanol–water partition coefficient (Wildman–Crippen LogP) is 2.84. The topological polar surface area (TPSA) is 37.4 Å². The third kappa shape index (κ3) is 4.48. The molecule has 4 nitrogen and oxygen atoms in total. The summed E-state index contributed by atoms with van der Waals surface area (Å²) in [5.74, 6) is 1.46. The van der Waals surface area contributed by atoms with E-state index in [4.69, 9.17) is 27.9 Å². The van der Waals surface area contributed by atoms with Crippen molar-refractivity contribution in [2.45, 2.75) is 12.8 Å². The van der Waals surface area contributed by atoms with E-state index in [2.05, 4.69) is 15.2 Å². The molecule has 0 aliphatic carbocycles. The number of methoxy groups -OCH3 is 1. The van der Waals surface area contributed by atoms with E-state index >= 15 is 0 Å². The number of rotatable bonds is 6. The highest BCUT2D eigenvalue weighted by molar-refractivity contribution is 6.36. The van der Waals surface area contributed by atoms with Crippen molar-refractivity contribution in [2.24, 2.45) is 5.92 Å². The Kier molecular flexibility index (Phi) is 6.36. The molecule has 20 heavy (non-hydrogen) atoms.